The number of carbonyl (C=O) groups is 2. The molecule has 0 heterocycles. The van der Waals surface area contributed by atoms with Crippen molar-refractivity contribution >= 4 is 11.9 Å². The molecule has 0 saturated carbocycles. The molecule has 0 aromatic heterocycles. The van der Waals surface area contributed by atoms with Crippen LogP contribution < -0.4 is 0 Å². The van der Waals surface area contributed by atoms with E-state index in [-0.39, 0.29) is 18.1 Å². The predicted octanol–water partition coefficient (Wildman–Crippen LogP) is 7.50. The average molecular weight is 540 g/mol. The fraction of sp³-hybridized carbons (Fsp3) is 0.545. The minimum atomic E-state index is -0.951. The highest BCUT2D eigenvalue weighted by Gasteiger charge is 2.30. The van der Waals surface area contributed by atoms with Crippen molar-refractivity contribution in [3.05, 3.63) is 64.6 Å². The highest BCUT2D eigenvalue weighted by Crippen LogP contribution is 2.41. The Hall–Kier alpha value is -3.02. The van der Waals surface area contributed by atoms with Crippen LogP contribution in [0.5, 0.6) is 11.5 Å². The smallest absolute Gasteiger partial charge is 0.338 e. The SMILES string of the molecule is [CH2]C(COC(=O)c1cc(C(C)(C)C)c(O)c(C(C)(C)C)c1)OC(=O)c1cc(C(C)(C)C)c(O)c(C(C)(C)C)c1. The number of esters is 2. The lowest BCUT2D eigenvalue weighted by Crippen LogP contribution is -2.25. The van der Waals surface area contributed by atoms with Crippen molar-refractivity contribution in [2.24, 2.45) is 0 Å². The van der Waals surface area contributed by atoms with Crippen LogP contribution in [0.25, 0.3) is 0 Å². The first kappa shape index (κ1) is 32.2. The van der Waals surface area contributed by atoms with E-state index in [1.807, 2.05) is 83.1 Å². The molecule has 2 aromatic carbocycles. The summed E-state index contributed by atoms with van der Waals surface area (Å²) in [4.78, 5) is 26.1. The van der Waals surface area contributed by atoms with E-state index in [9.17, 15) is 19.8 Å². The third-order valence-electron chi connectivity index (χ3n) is 6.60. The minimum Gasteiger partial charge on any atom is -0.507 e. The van der Waals surface area contributed by atoms with Gasteiger partial charge in [0.15, 0.2) is 0 Å². The first-order chi connectivity index (χ1) is 17.4. The molecule has 2 aromatic rings. The van der Waals surface area contributed by atoms with E-state index in [4.69, 9.17) is 9.47 Å². The Morgan fingerprint density at radius 2 is 0.923 bits per heavy atom. The molecule has 2 rings (SSSR count). The monoisotopic (exact) mass is 539 g/mol. The van der Waals surface area contributed by atoms with Crippen LogP contribution in [0.15, 0.2) is 24.3 Å². The van der Waals surface area contributed by atoms with Gasteiger partial charge in [0.05, 0.1) is 11.1 Å². The molecule has 1 radical (unpaired) electrons. The fourth-order valence-electron chi connectivity index (χ4n) is 4.30. The van der Waals surface area contributed by atoms with Crippen molar-refractivity contribution in [1.29, 1.82) is 0 Å². The van der Waals surface area contributed by atoms with Crippen molar-refractivity contribution in [3.8, 4) is 11.5 Å². The zero-order valence-corrected chi connectivity index (χ0v) is 25.8. The standard InChI is InChI=1S/C33H47O6/c1-19(39-29(37)21-16-24(32(8,9)10)27(35)25(17-21)33(11,12)13)18-38-28(36)20-14-22(30(2,3)4)26(34)23(15-20)31(5,6)7/h14-17,19,34-35H,1,18H2,2-13H3. The number of hydrogen-bond acceptors (Lipinski definition) is 6. The molecule has 1 unspecified atom stereocenters. The molecule has 1 atom stereocenters. The third kappa shape index (κ3) is 7.77. The molecule has 0 saturated heterocycles. The zero-order valence-electron chi connectivity index (χ0n) is 25.8. The number of rotatable bonds is 5. The van der Waals surface area contributed by atoms with E-state index < -0.39 is 39.7 Å². The fourth-order valence-corrected chi connectivity index (χ4v) is 4.30. The molecule has 0 spiro atoms. The van der Waals surface area contributed by atoms with E-state index in [2.05, 4.69) is 6.92 Å². The maximum atomic E-state index is 13.1. The molecule has 0 aliphatic carbocycles. The normalized spacial score (nSPS) is 13.7. The van der Waals surface area contributed by atoms with Gasteiger partial charge in [-0.25, -0.2) is 9.59 Å². The summed E-state index contributed by atoms with van der Waals surface area (Å²) in [6.07, 6.45) is -0.951. The summed E-state index contributed by atoms with van der Waals surface area (Å²) in [6, 6.07) is 6.58. The highest BCUT2D eigenvalue weighted by atomic mass is 16.6. The van der Waals surface area contributed by atoms with Gasteiger partial charge in [-0.2, -0.15) is 0 Å². The summed E-state index contributed by atoms with van der Waals surface area (Å²) in [5, 5.41) is 21.8. The molecule has 215 valence electrons. The molecule has 2 N–H and O–H groups in total. The van der Waals surface area contributed by atoms with E-state index in [1.165, 1.54) is 0 Å². The lowest BCUT2D eigenvalue weighted by atomic mass is 9.78. The molecule has 6 nitrogen and oxygen atoms in total. The number of phenolic OH excluding ortho intramolecular Hbond substituents is 2. The minimum absolute atomic E-state index is 0.171. The summed E-state index contributed by atoms with van der Waals surface area (Å²) in [7, 11) is 0. The predicted molar refractivity (Wildman–Crippen MR) is 156 cm³/mol. The molecular weight excluding hydrogens is 492 g/mol. The summed E-state index contributed by atoms with van der Waals surface area (Å²) >= 11 is 0. The Kier molecular flexibility index (Phi) is 8.97. The van der Waals surface area contributed by atoms with Gasteiger partial charge >= 0.3 is 11.9 Å². The Morgan fingerprint density at radius 3 is 1.21 bits per heavy atom. The topological polar surface area (TPSA) is 93.1 Å². The van der Waals surface area contributed by atoms with Gasteiger partial charge in [-0.3, -0.25) is 0 Å². The largest absolute Gasteiger partial charge is 0.507 e. The number of benzene rings is 2. The van der Waals surface area contributed by atoms with Crippen LogP contribution in [0.3, 0.4) is 0 Å². The summed E-state index contributed by atoms with van der Waals surface area (Å²) in [6.45, 7) is 27.2. The van der Waals surface area contributed by atoms with Crippen LogP contribution in [0.4, 0.5) is 0 Å². The number of carbonyl (C=O) groups excluding carboxylic acids is 2. The number of hydrogen-bond donors (Lipinski definition) is 2. The summed E-state index contributed by atoms with van der Waals surface area (Å²) in [5.41, 5.74) is 1.60. The third-order valence-corrected chi connectivity index (χ3v) is 6.60. The average Bonchev–Trinajstić information content (AvgIpc) is 2.74. The molecule has 0 bridgehead atoms. The van der Waals surface area contributed by atoms with Crippen LogP contribution in [0.1, 0.15) is 126 Å². The summed E-state index contributed by atoms with van der Waals surface area (Å²) in [5.74, 6) is -0.861. The van der Waals surface area contributed by atoms with Gasteiger partial charge in [0.25, 0.3) is 0 Å². The second kappa shape index (κ2) is 10.9. The van der Waals surface area contributed by atoms with Gasteiger partial charge in [-0.05, 0) is 52.8 Å². The number of ether oxygens (including phenoxy) is 2. The highest BCUT2D eigenvalue weighted by molar-refractivity contribution is 5.91. The second-order valence-electron chi connectivity index (χ2n) is 14.5. The maximum Gasteiger partial charge on any atom is 0.338 e. The molecule has 39 heavy (non-hydrogen) atoms. The van der Waals surface area contributed by atoms with Gasteiger partial charge in [-0.1, -0.05) is 83.1 Å². The van der Waals surface area contributed by atoms with Crippen LogP contribution in [-0.2, 0) is 31.1 Å². The summed E-state index contributed by atoms with van der Waals surface area (Å²) < 4.78 is 11.0. The van der Waals surface area contributed by atoms with Crippen molar-refractivity contribution in [3.63, 3.8) is 0 Å². The molecule has 6 heteroatoms. The van der Waals surface area contributed by atoms with E-state index in [0.29, 0.717) is 33.4 Å². The van der Waals surface area contributed by atoms with Gasteiger partial charge < -0.3 is 19.7 Å². The second-order valence-corrected chi connectivity index (χ2v) is 14.5. The first-order valence-electron chi connectivity index (χ1n) is 13.4. The van der Waals surface area contributed by atoms with Gasteiger partial charge in [0.1, 0.15) is 24.2 Å². The van der Waals surface area contributed by atoms with Gasteiger partial charge in [0.2, 0.25) is 0 Å². The lowest BCUT2D eigenvalue weighted by Gasteiger charge is -2.28. The lowest BCUT2D eigenvalue weighted by molar-refractivity contribution is 0.0106. The number of phenols is 2. The Labute approximate surface area is 234 Å². The molecule has 0 amide bonds. The van der Waals surface area contributed by atoms with Gasteiger partial charge in [-0.15, -0.1) is 0 Å². The van der Waals surface area contributed by atoms with Crippen LogP contribution in [-0.4, -0.2) is 34.9 Å². The van der Waals surface area contributed by atoms with Gasteiger partial charge in [0, 0.05) is 22.3 Å². The van der Waals surface area contributed by atoms with Crippen LogP contribution in [0.2, 0.25) is 0 Å². The van der Waals surface area contributed by atoms with Crippen molar-refractivity contribution < 1.29 is 29.3 Å². The first-order valence-corrected chi connectivity index (χ1v) is 13.4. The maximum absolute atomic E-state index is 13.1. The molecule has 0 aliphatic rings. The molecular formula is C33H47O6. The molecule has 0 aliphatic heterocycles. The van der Waals surface area contributed by atoms with E-state index in [0.717, 1.165) is 0 Å². The van der Waals surface area contributed by atoms with Crippen molar-refractivity contribution in [2.75, 3.05) is 6.61 Å². The van der Waals surface area contributed by atoms with Crippen LogP contribution >= 0.6 is 0 Å². The van der Waals surface area contributed by atoms with Crippen molar-refractivity contribution in [1.82, 2.24) is 0 Å². The van der Waals surface area contributed by atoms with Crippen LogP contribution in [0, 0.1) is 6.92 Å². The van der Waals surface area contributed by atoms with Crippen molar-refractivity contribution in [2.45, 2.75) is 111 Å². The van der Waals surface area contributed by atoms with E-state index in [1.54, 1.807) is 24.3 Å². The Morgan fingerprint density at radius 1 is 0.641 bits per heavy atom. The van der Waals surface area contributed by atoms with E-state index >= 15 is 0 Å². The number of aromatic hydroxyl groups is 2. The Bertz CT molecular complexity index is 1160. The Balaban J connectivity index is 2.27. The quantitative estimate of drug-likeness (QED) is 0.382. The molecule has 0 fully saturated rings. The zero-order chi connectivity index (χ0) is 30.3.